The van der Waals surface area contributed by atoms with Crippen LogP contribution in [0.3, 0.4) is 0 Å². The van der Waals surface area contributed by atoms with Crippen molar-refractivity contribution in [2.45, 2.75) is 24.4 Å². The van der Waals surface area contributed by atoms with Crippen molar-refractivity contribution in [1.29, 1.82) is 0 Å². The molecule has 0 spiro atoms. The third-order valence-corrected chi connectivity index (χ3v) is 5.13. The average molecular weight is 337 g/mol. The second kappa shape index (κ2) is 6.79. The predicted molar refractivity (Wildman–Crippen MR) is 95.8 cm³/mol. The zero-order valence-corrected chi connectivity index (χ0v) is 14.4. The molecule has 0 aliphatic carbocycles. The molecule has 1 aromatic heterocycles. The normalized spacial score (nSPS) is 14.5. The lowest BCUT2D eigenvalue weighted by atomic mass is 10.00. The van der Waals surface area contributed by atoms with E-state index in [-0.39, 0.29) is 0 Å². The summed E-state index contributed by atoms with van der Waals surface area (Å²) in [6, 6.07) is 16.9. The van der Waals surface area contributed by atoms with E-state index in [0.29, 0.717) is 18.3 Å². The summed E-state index contributed by atoms with van der Waals surface area (Å²) in [6.07, 6.45) is 3.14. The molecule has 1 aliphatic heterocycles. The molecule has 0 N–H and O–H groups in total. The van der Waals surface area contributed by atoms with E-state index in [4.69, 9.17) is 4.52 Å². The van der Waals surface area contributed by atoms with Gasteiger partial charge in [-0.2, -0.15) is 4.98 Å². The van der Waals surface area contributed by atoms with Crippen molar-refractivity contribution in [2.24, 2.45) is 0 Å². The van der Waals surface area contributed by atoms with Crippen LogP contribution in [0.2, 0.25) is 0 Å². The molecule has 0 fully saturated rings. The van der Waals surface area contributed by atoms with E-state index in [0.717, 1.165) is 25.1 Å². The van der Waals surface area contributed by atoms with Gasteiger partial charge < -0.3 is 4.52 Å². The van der Waals surface area contributed by atoms with Gasteiger partial charge in [0, 0.05) is 23.5 Å². The van der Waals surface area contributed by atoms with Crippen LogP contribution in [-0.2, 0) is 19.5 Å². The Labute approximate surface area is 145 Å². The van der Waals surface area contributed by atoms with Crippen LogP contribution in [-0.4, -0.2) is 27.8 Å². The Hall–Kier alpha value is -2.11. The fraction of sp³-hybridized carbons (Fsp3) is 0.263. The van der Waals surface area contributed by atoms with Crippen molar-refractivity contribution in [3.63, 3.8) is 0 Å². The Morgan fingerprint density at radius 2 is 1.88 bits per heavy atom. The lowest BCUT2D eigenvalue weighted by Crippen LogP contribution is -2.30. The van der Waals surface area contributed by atoms with E-state index in [1.54, 1.807) is 11.8 Å². The minimum Gasteiger partial charge on any atom is -0.338 e. The number of aromatic nitrogens is 2. The fourth-order valence-electron chi connectivity index (χ4n) is 3.06. The van der Waals surface area contributed by atoms with E-state index in [9.17, 15) is 0 Å². The van der Waals surface area contributed by atoms with Crippen molar-refractivity contribution in [1.82, 2.24) is 15.0 Å². The third-order valence-electron chi connectivity index (χ3n) is 4.38. The number of fused-ring (bicyclic) bond motifs is 1. The maximum atomic E-state index is 5.46. The molecule has 3 aromatic rings. The molecule has 0 saturated heterocycles. The van der Waals surface area contributed by atoms with Gasteiger partial charge >= 0.3 is 0 Å². The Morgan fingerprint density at radius 3 is 2.67 bits per heavy atom. The van der Waals surface area contributed by atoms with E-state index < -0.39 is 0 Å². The van der Waals surface area contributed by atoms with E-state index >= 15 is 0 Å². The molecule has 4 nitrogen and oxygen atoms in total. The molecule has 0 atom stereocenters. The van der Waals surface area contributed by atoms with E-state index in [2.05, 4.69) is 57.7 Å². The largest absolute Gasteiger partial charge is 0.338 e. The van der Waals surface area contributed by atoms with Crippen molar-refractivity contribution in [3.05, 3.63) is 65.5 Å². The number of hydrogen-bond acceptors (Lipinski definition) is 5. The summed E-state index contributed by atoms with van der Waals surface area (Å²) >= 11 is 1.72. The van der Waals surface area contributed by atoms with Gasteiger partial charge in [0.25, 0.3) is 0 Å². The summed E-state index contributed by atoms with van der Waals surface area (Å²) in [6.45, 7) is 2.66. The SMILES string of the molecule is CSc1ccc(-c2noc(CN3CCc4ccccc4C3)n2)cc1. The molecule has 0 amide bonds. The average Bonchev–Trinajstić information content (AvgIpc) is 3.10. The topological polar surface area (TPSA) is 42.2 Å². The number of thioether (sulfide) groups is 1. The first kappa shape index (κ1) is 15.4. The van der Waals surface area contributed by atoms with Gasteiger partial charge in [-0.1, -0.05) is 29.4 Å². The van der Waals surface area contributed by atoms with Gasteiger partial charge in [0.15, 0.2) is 0 Å². The molecule has 0 bridgehead atoms. The van der Waals surface area contributed by atoms with Gasteiger partial charge in [-0.3, -0.25) is 4.90 Å². The Bertz CT molecular complexity index is 829. The number of hydrogen-bond donors (Lipinski definition) is 0. The van der Waals surface area contributed by atoms with Crippen LogP contribution in [0.4, 0.5) is 0 Å². The first-order valence-corrected chi connectivity index (χ1v) is 9.30. The molecular formula is C19H19N3OS. The highest BCUT2D eigenvalue weighted by atomic mass is 32.2. The summed E-state index contributed by atoms with van der Waals surface area (Å²) in [5.74, 6) is 1.34. The summed E-state index contributed by atoms with van der Waals surface area (Å²) < 4.78 is 5.46. The first-order valence-electron chi connectivity index (χ1n) is 8.08. The van der Waals surface area contributed by atoms with Gasteiger partial charge in [-0.05, 0) is 48.1 Å². The van der Waals surface area contributed by atoms with Crippen LogP contribution in [0.1, 0.15) is 17.0 Å². The molecule has 0 saturated carbocycles. The minimum atomic E-state index is 0.662. The van der Waals surface area contributed by atoms with E-state index in [1.807, 2.05) is 12.1 Å². The maximum absolute atomic E-state index is 5.46. The van der Waals surface area contributed by atoms with Gasteiger partial charge in [0.05, 0.1) is 6.54 Å². The van der Waals surface area contributed by atoms with Crippen LogP contribution >= 0.6 is 11.8 Å². The quantitative estimate of drug-likeness (QED) is 0.673. The van der Waals surface area contributed by atoms with Crippen molar-refractivity contribution in [3.8, 4) is 11.4 Å². The fourth-order valence-corrected chi connectivity index (χ4v) is 3.47. The monoisotopic (exact) mass is 337 g/mol. The van der Waals surface area contributed by atoms with Crippen LogP contribution in [0.25, 0.3) is 11.4 Å². The lowest BCUT2D eigenvalue weighted by molar-refractivity contribution is 0.210. The maximum Gasteiger partial charge on any atom is 0.241 e. The number of nitrogens with zero attached hydrogens (tertiary/aromatic N) is 3. The smallest absolute Gasteiger partial charge is 0.241 e. The number of benzene rings is 2. The highest BCUT2D eigenvalue weighted by Gasteiger charge is 2.18. The van der Waals surface area contributed by atoms with Crippen LogP contribution in [0, 0.1) is 0 Å². The zero-order chi connectivity index (χ0) is 16.4. The Morgan fingerprint density at radius 1 is 1.08 bits per heavy atom. The zero-order valence-electron chi connectivity index (χ0n) is 13.6. The van der Waals surface area contributed by atoms with Gasteiger partial charge in [-0.15, -0.1) is 11.8 Å². The molecule has 5 heteroatoms. The molecule has 2 aromatic carbocycles. The predicted octanol–water partition coefficient (Wildman–Crippen LogP) is 4.02. The Balaban J connectivity index is 1.46. The summed E-state index contributed by atoms with van der Waals surface area (Å²) in [5, 5.41) is 4.13. The summed E-state index contributed by atoms with van der Waals surface area (Å²) in [4.78, 5) is 8.15. The second-order valence-electron chi connectivity index (χ2n) is 5.97. The van der Waals surface area contributed by atoms with Crippen LogP contribution < -0.4 is 0 Å². The molecular weight excluding hydrogens is 318 g/mol. The molecule has 122 valence electrons. The van der Waals surface area contributed by atoms with Crippen molar-refractivity contribution < 1.29 is 4.52 Å². The summed E-state index contributed by atoms with van der Waals surface area (Å²) in [5.41, 5.74) is 3.84. The molecule has 1 aliphatic rings. The van der Waals surface area contributed by atoms with Gasteiger partial charge in [0.1, 0.15) is 0 Å². The molecule has 2 heterocycles. The molecule has 0 radical (unpaired) electrons. The number of rotatable bonds is 4. The molecule has 4 rings (SSSR count). The van der Waals surface area contributed by atoms with Crippen LogP contribution in [0.5, 0.6) is 0 Å². The molecule has 24 heavy (non-hydrogen) atoms. The molecule has 0 unspecified atom stereocenters. The van der Waals surface area contributed by atoms with Crippen molar-refractivity contribution in [2.75, 3.05) is 12.8 Å². The Kier molecular flexibility index (Phi) is 4.36. The highest BCUT2D eigenvalue weighted by Crippen LogP contribution is 2.23. The van der Waals surface area contributed by atoms with Gasteiger partial charge in [-0.25, -0.2) is 0 Å². The van der Waals surface area contributed by atoms with E-state index in [1.165, 1.54) is 16.0 Å². The van der Waals surface area contributed by atoms with Crippen LogP contribution in [0.15, 0.2) is 57.9 Å². The summed E-state index contributed by atoms with van der Waals surface area (Å²) in [7, 11) is 0. The van der Waals surface area contributed by atoms with Gasteiger partial charge in [0.2, 0.25) is 11.7 Å². The third kappa shape index (κ3) is 3.23. The lowest BCUT2D eigenvalue weighted by Gasteiger charge is -2.27. The standard InChI is InChI=1S/C19H19N3OS/c1-24-17-8-6-15(7-9-17)19-20-18(23-21-19)13-22-11-10-14-4-2-3-5-16(14)12-22/h2-9H,10-13H2,1H3. The highest BCUT2D eigenvalue weighted by molar-refractivity contribution is 7.98. The first-order chi connectivity index (χ1) is 11.8. The van der Waals surface area contributed by atoms with Crippen molar-refractivity contribution >= 4 is 11.8 Å². The second-order valence-corrected chi connectivity index (χ2v) is 6.85. The minimum absolute atomic E-state index is 0.662.